The summed E-state index contributed by atoms with van der Waals surface area (Å²) in [5.41, 5.74) is 1.68. The van der Waals surface area contributed by atoms with Crippen LogP contribution in [-0.4, -0.2) is 67.8 Å². The lowest BCUT2D eigenvalue weighted by Gasteiger charge is -2.39. The number of rotatable bonds is 4. The zero-order chi connectivity index (χ0) is 21.1. The first-order chi connectivity index (χ1) is 14.5. The van der Waals surface area contributed by atoms with Crippen LogP contribution in [0.1, 0.15) is 27.6 Å². The molecule has 30 heavy (non-hydrogen) atoms. The van der Waals surface area contributed by atoms with E-state index in [1.165, 1.54) is 6.33 Å². The number of ketones is 1. The zero-order valence-electron chi connectivity index (χ0n) is 16.5. The topological polar surface area (TPSA) is 88.4 Å². The average Bonchev–Trinajstić information content (AvgIpc) is 3.33. The second kappa shape index (κ2) is 8.28. The van der Waals surface area contributed by atoms with E-state index in [0.717, 1.165) is 5.69 Å². The molecule has 8 heteroatoms. The van der Waals surface area contributed by atoms with E-state index in [4.69, 9.17) is 0 Å². The predicted octanol–water partition coefficient (Wildman–Crippen LogP) is 1.82. The number of benzene rings is 2. The van der Waals surface area contributed by atoms with Crippen LogP contribution in [0.3, 0.4) is 0 Å². The van der Waals surface area contributed by atoms with E-state index in [-0.39, 0.29) is 11.9 Å². The largest absolute Gasteiger partial charge is 0.335 e. The van der Waals surface area contributed by atoms with Gasteiger partial charge in [-0.1, -0.05) is 18.2 Å². The molecule has 4 rings (SSSR count). The van der Waals surface area contributed by atoms with Crippen molar-refractivity contribution in [1.82, 2.24) is 24.6 Å². The number of Topliss-reactive ketones (excluding diaryl/α,β-unsaturated/α-hetero) is 1. The standard InChI is InChI=1S/C22H21N5O3/c1-16-13-25(21(29)18-5-3-2-4-6-18)11-12-26(16)22(30)20(28)17-7-9-19(10-8-17)27-15-23-14-24-27/h2-10,14-16H,11-13H2,1H3. The van der Waals surface area contributed by atoms with Crippen molar-refractivity contribution in [3.8, 4) is 5.69 Å². The third kappa shape index (κ3) is 3.84. The van der Waals surface area contributed by atoms with E-state index in [1.807, 2.05) is 25.1 Å². The van der Waals surface area contributed by atoms with Crippen LogP contribution >= 0.6 is 0 Å². The molecule has 0 radical (unpaired) electrons. The van der Waals surface area contributed by atoms with Gasteiger partial charge in [-0.15, -0.1) is 0 Å². The van der Waals surface area contributed by atoms with Crippen molar-refractivity contribution in [1.29, 1.82) is 0 Å². The fourth-order valence-electron chi connectivity index (χ4n) is 3.57. The first-order valence-corrected chi connectivity index (χ1v) is 9.69. The van der Waals surface area contributed by atoms with Gasteiger partial charge in [0.1, 0.15) is 12.7 Å². The number of nitrogens with zero attached hydrogens (tertiary/aromatic N) is 5. The summed E-state index contributed by atoms with van der Waals surface area (Å²) in [5, 5.41) is 4.04. The van der Waals surface area contributed by atoms with Crippen LogP contribution in [0.15, 0.2) is 67.3 Å². The van der Waals surface area contributed by atoms with Gasteiger partial charge >= 0.3 is 0 Å². The maximum absolute atomic E-state index is 12.8. The molecule has 1 aliphatic rings. The molecule has 1 saturated heterocycles. The molecule has 1 atom stereocenters. The molecular weight excluding hydrogens is 382 g/mol. The molecule has 1 unspecified atom stereocenters. The van der Waals surface area contributed by atoms with Gasteiger partial charge in [0, 0.05) is 36.8 Å². The zero-order valence-corrected chi connectivity index (χ0v) is 16.5. The molecule has 8 nitrogen and oxygen atoms in total. The normalized spacial score (nSPS) is 16.4. The van der Waals surface area contributed by atoms with Crippen LogP contribution in [-0.2, 0) is 4.79 Å². The minimum Gasteiger partial charge on any atom is -0.335 e. The van der Waals surface area contributed by atoms with Gasteiger partial charge in [0.25, 0.3) is 11.8 Å². The van der Waals surface area contributed by atoms with Crippen molar-refractivity contribution in [3.05, 3.63) is 78.4 Å². The quantitative estimate of drug-likeness (QED) is 0.490. The Kier molecular flexibility index (Phi) is 5.38. The second-order valence-corrected chi connectivity index (χ2v) is 7.18. The summed E-state index contributed by atoms with van der Waals surface area (Å²) in [6, 6.07) is 15.5. The average molecular weight is 403 g/mol. The maximum atomic E-state index is 12.8. The monoisotopic (exact) mass is 403 g/mol. The van der Waals surface area contributed by atoms with Crippen LogP contribution in [0.25, 0.3) is 5.69 Å². The Morgan fingerprint density at radius 2 is 1.67 bits per heavy atom. The number of carbonyl (C=O) groups excluding carboxylic acids is 3. The van der Waals surface area contributed by atoms with Crippen LogP contribution in [0.4, 0.5) is 0 Å². The molecular formula is C22H21N5O3. The number of carbonyl (C=O) groups is 3. The van der Waals surface area contributed by atoms with E-state index in [2.05, 4.69) is 10.1 Å². The molecule has 2 amide bonds. The molecule has 0 aliphatic carbocycles. The third-order valence-electron chi connectivity index (χ3n) is 5.20. The summed E-state index contributed by atoms with van der Waals surface area (Å²) in [6.07, 6.45) is 2.98. The van der Waals surface area contributed by atoms with E-state index in [0.29, 0.717) is 30.8 Å². The van der Waals surface area contributed by atoms with E-state index >= 15 is 0 Å². The molecule has 2 aromatic carbocycles. The molecule has 0 N–H and O–H groups in total. The van der Waals surface area contributed by atoms with Crippen LogP contribution in [0.5, 0.6) is 0 Å². The van der Waals surface area contributed by atoms with Gasteiger partial charge in [0.2, 0.25) is 5.78 Å². The summed E-state index contributed by atoms with van der Waals surface area (Å²) >= 11 is 0. The molecule has 152 valence electrons. The molecule has 0 saturated carbocycles. The fourth-order valence-corrected chi connectivity index (χ4v) is 3.57. The number of amides is 2. The Morgan fingerprint density at radius 3 is 2.30 bits per heavy atom. The molecule has 1 aromatic heterocycles. The Balaban J connectivity index is 1.41. The summed E-state index contributed by atoms with van der Waals surface area (Å²) in [7, 11) is 0. The summed E-state index contributed by atoms with van der Waals surface area (Å²) in [4.78, 5) is 45.3. The fraction of sp³-hybridized carbons (Fsp3) is 0.227. The van der Waals surface area contributed by atoms with Gasteiger partial charge in [-0.3, -0.25) is 14.4 Å². The second-order valence-electron chi connectivity index (χ2n) is 7.18. The highest BCUT2D eigenvalue weighted by molar-refractivity contribution is 6.42. The molecule has 0 bridgehead atoms. The Labute approximate surface area is 173 Å². The summed E-state index contributed by atoms with van der Waals surface area (Å²) < 4.78 is 1.57. The highest BCUT2D eigenvalue weighted by Crippen LogP contribution is 2.16. The minimum atomic E-state index is -0.560. The lowest BCUT2D eigenvalue weighted by molar-refractivity contribution is -0.130. The van der Waals surface area contributed by atoms with Crippen molar-refractivity contribution in [2.45, 2.75) is 13.0 Å². The van der Waals surface area contributed by atoms with Crippen molar-refractivity contribution in [2.24, 2.45) is 0 Å². The van der Waals surface area contributed by atoms with E-state index < -0.39 is 11.7 Å². The van der Waals surface area contributed by atoms with Crippen molar-refractivity contribution in [2.75, 3.05) is 19.6 Å². The Bertz CT molecular complexity index is 1050. The van der Waals surface area contributed by atoms with Crippen LogP contribution < -0.4 is 0 Å². The lowest BCUT2D eigenvalue weighted by atomic mass is 10.1. The van der Waals surface area contributed by atoms with Gasteiger partial charge in [-0.2, -0.15) is 5.10 Å². The Hall–Kier alpha value is -3.81. The minimum absolute atomic E-state index is 0.0652. The van der Waals surface area contributed by atoms with Crippen molar-refractivity contribution in [3.63, 3.8) is 0 Å². The van der Waals surface area contributed by atoms with Gasteiger partial charge in [0.05, 0.1) is 5.69 Å². The first-order valence-electron chi connectivity index (χ1n) is 9.69. The lowest BCUT2D eigenvalue weighted by Crippen LogP contribution is -2.56. The summed E-state index contributed by atoms with van der Waals surface area (Å²) in [6.45, 7) is 2.95. The van der Waals surface area contributed by atoms with Crippen LogP contribution in [0.2, 0.25) is 0 Å². The predicted molar refractivity (Wildman–Crippen MR) is 109 cm³/mol. The highest BCUT2D eigenvalue weighted by Gasteiger charge is 2.33. The van der Waals surface area contributed by atoms with Gasteiger partial charge in [0.15, 0.2) is 0 Å². The van der Waals surface area contributed by atoms with Gasteiger partial charge in [-0.05, 0) is 43.3 Å². The molecule has 3 aromatic rings. The summed E-state index contributed by atoms with van der Waals surface area (Å²) in [5.74, 6) is -1.18. The van der Waals surface area contributed by atoms with Crippen LogP contribution in [0, 0.1) is 0 Å². The molecule has 2 heterocycles. The third-order valence-corrected chi connectivity index (χ3v) is 5.20. The van der Waals surface area contributed by atoms with Crippen molar-refractivity contribution < 1.29 is 14.4 Å². The first kappa shape index (κ1) is 19.5. The molecule has 1 aliphatic heterocycles. The highest BCUT2D eigenvalue weighted by atomic mass is 16.2. The Morgan fingerprint density at radius 1 is 0.933 bits per heavy atom. The van der Waals surface area contributed by atoms with E-state index in [9.17, 15) is 14.4 Å². The number of hydrogen-bond donors (Lipinski definition) is 0. The number of hydrogen-bond acceptors (Lipinski definition) is 5. The van der Waals surface area contributed by atoms with Crippen molar-refractivity contribution >= 4 is 17.6 Å². The molecule has 0 spiro atoms. The van der Waals surface area contributed by atoms with E-state index in [1.54, 1.807) is 57.2 Å². The van der Waals surface area contributed by atoms with Gasteiger partial charge in [-0.25, -0.2) is 9.67 Å². The SMILES string of the molecule is CC1CN(C(=O)c2ccccc2)CCN1C(=O)C(=O)c1ccc(-n2cncn2)cc1. The van der Waals surface area contributed by atoms with Gasteiger partial charge < -0.3 is 9.80 Å². The molecule has 1 fully saturated rings. The maximum Gasteiger partial charge on any atom is 0.295 e. The number of piperazine rings is 1. The smallest absolute Gasteiger partial charge is 0.295 e. The number of aromatic nitrogens is 3.